The van der Waals surface area contributed by atoms with E-state index in [0.29, 0.717) is 0 Å². The zero-order chi connectivity index (χ0) is 10.6. The van der Waals surface area contributed by atoms with E-state index >= 15 is 0 Å². The average Bonchev–Trinajstić information content (AvgIpc) is 2.70. The third-order valence-electron chi connectivity index (χ3n) is 3.37. The number of benzene rings is 1. The van der Waals surface area contributed by atoms with Crippen LogP contribution < -0.4 is 5.73 Å². The normalized spacial score (nSPS) is 19.8. The quantitative estimate of drug-likeness (QED) is 0.780. The van der Waals surface area contributed by atoms with Gasteiger partial charge < -0.3 is 10.3 Å². The van der Waals surface area contributed by atoms with Crippen molar-refractivity contribution in [3.8, 4) is 0 Å². The van der Waals surface area contributed by atoms with Crippen molar-refractivity contribution >= 4 is 26.8 Å². The highest BCUT2D eigenvalue weighted by Crippen LogP contribution is 2.37. The second kappa shape index (κ2) is 3.09. The van der Waals surface area contributed by atoms with E-state index in [-0.39, 0.29) is 6.04 Å². The highest BCUT2D eigenvalue weighted by molar-refractivity contribution is 9.10. The van der Waals surface area contributed by atoms with Gasteiger partial charge in [-0.3, -0.25) is 0 Å². The van der Waals surface area contributed by atoms with Crippen LogP contribution in [0.25, 0.3) is 10.9 Å². The minimum absolute atomic E-state index is 0.219. The van der Waals surface area contributed by atoms with Crippen LogP contribution in [0.4, 0.5) is 0 Å². The van der Waals surface area contributed by atoms with E-state index < -0.39 is 0 Å². The molecule has 78 valence electrons. The van der Waals surface area contributed by atoms with Crippen molar-refractivity contribution in [3.05, 3.63) is 33.9 Å². The molecule has 0 spiro atoms. The number of nitrogens with two attached hydrogens (primary N) is 1. The Bertz CT molecular complexity index is 542. The topological polar surface area (TPSA) is 30.9 Å². The Morgan fingerprint density at radius 2 is 2.27 bits per heavy atom. The van der Waals surface area contributed by atoms with E-state index in [1.54, 1.807) is 0 Å². The number of hydrogen-bond acceptors (Lipinski definition) is 1. The van der Waals surface area contributed by atoms with Gasteiger partial charge in [0.1, 0.15) is 0 Å². The van der Waals surface area contributed by atoms with Crippen molar-refractivity contribution in [1.29, 1.82) is 0 Å². The Morgan fingerprint density at radius 3 is 3.07 bits per heavy atom. The first kappa shape index (κ1) is 9.43. The third-order valence-corrected chi connectivity index (χ3v) is 3.87. The molecule has 1 heterocycles. The second-order valence-corrected chi connectivity index (χ2v) is 5.15. The number of rotatable bonds is 0. The predicted octanol–water partition coefficient (Wildman–Crippen LogP) is 2.89. The average molecular weight is 265 g/mol. The third kappa shape index (κ3) is 1.20. The molecular formula is C12H13BrN2. The number of fused-ring (bicyclic) bond motifs is 3. The van der Waals surface area contributed by atoms with Gasteiger partial charge in [-0.25, -0.2) is 0 Å². The smallest absolute Gasteiger partial charge is 0.0484 e. The maximum absolute atomic E-state index is 6.12. The molecule has 0 bridgehead atoms. The highest BCUT2D eigenvalue weighted by atomic mass is 79.9. The lowest BCUT2D eigenvalue weighted by Gasteiger charge is -2.07. The molecule has 3 heteroatoms. The minimum Gasteiger partial charge on any atom is -0.346 e. The van der Waals surface area contributed by atoms with Crippen LogP contribution >= 0.6 is 15.9 Å². The second-order valence-electron chi connectivity index (χ2n) is 4.23. The first-order valence-electron chi connectivity index (χ1n) is 5.21. The highest BCUT2D eigenvalue weighted by Gasteiger charge is 2.25. The molecule has 1 aromatic carbocycles. The van der Waals surface area contributed by atoms with Gasteiger partial charge >= 0.3 is 0 Å². The molecule has 3 rings (SSSR count). The fourth-order valence-corrected chi connectivity index (χ4v) is 3.05. The van der Waals surface area contributed by atoms with Crippen molar-refractivity contribution < 1.29 is 0 Å². The molecule has 1 aromatic heterocycles. The van der Waals surface area contributed by atoms with Crippen LogP contribution in [-0.4, -0.2) is 4.57 Å². The van der Waals surface area contributed by atoms with Crippen molar-refractivity contribution in [3.63, 3.8) is 0 Å². The van der Waals surface area contributed by atoms with E-state index in [9.17, 15) is 0 Å². The lowest BCUT2D eigenvalue weighted by Crippen LogP contribution is -2.10. The molecule has 0 aliphatic heterocycles. The number of nitrogens with zero attached hydrogens (tertiary/aromatic N) is 1. The number of hydrogen-bond donors (Lipinski definition) is 1. The molecule has 15 heavy (non-hydrogen) atoms. The van der Waals surface area contributed by atoms with E-state index in [0.717, 1.165) is 17.3 Å². The Labute approximate surface area is 97.2 Å². The first-order chi connectivity index (χ1) is 7.18. The fraction of sp³-hybridized carbons (Fsp3) is 0.333. The van der Waals surface area contributed by atoms with Crippen LogP contribution in [-0.2, 0) is 13.5 Å². The van der Waals surface area contributed by atoms with Gasteiger partial charge in [-0.2, -0.15) is 0 Å². The zero-order valence-corrected chi connectivity index (χ0v) is 10.2. The number of aryl methyl sites for hydroxylation is 2. The molecule has 2 nitrogen and oxygen atoms in total. The largest absolute Gasteiger partial charge is 0.346 e. The van der Waals surface area contributed by atoms with Crippen molar-refractivity contribution in [2.75, 3.05) is 0 Å². The van der Waals surface area contributed by atoms with Crippen molar-refractivity contribution in [2.45, 2.75) is 18.9 Å². The Morgan fingerprint density at radius 1 is 1.47 bits per heavy atom. The molecule has 0 saturated carbocycles. The molecular weight excluding hydrogens is 252 g/mol. The zero-order valence-electron chi connectivity index (χ0n) is 8.63. The van der Waals surface area contributed by atoms with Gasteiger partial charge in [0, 0.05) is 34.2 Å². The first-order valence-corrected chi connectivity index (χ1v) is 6.00. The van der Waals surface area contributed by atoms with E-state index in [4.69, 9.17) is 5.73 Å². The van der Waals surface area contributed by atoms with Crippen LogP contribution in [0, 0.1) is 0 Å². The van der Waals surface area contributed by atoms with Gasteiger partial charge in [0.25, 0.3) is 0 Å². The summed E-state index contributed by atoms with van der Waals surface area (Å²) in [6.45, 7) is 0. The summed E-state index contributed by atoms with van der Waals surface area (Å²) < 4.78 is 3.39. The molecule has 1 atom stereocenters. The summed E-state index contributed by atoms with van der Waals surface area (Å²) in [5.41, 5.74) is 10.2. The molecule has 0 amide bonds. The summed E-state index contributed by atoms with van der Waals surface area (Å²) in [6.07, 6.45) is 2.20. The SMILES string of the molecule is Cn1c2c(c3cc(Br)ccc31)CCC2N. The molecule has 1 unspecified atom stereocenters. The van der Waals surface area contributed by atoms with Gasteiger partial charge in [0.15, 0.2) is 0 Å². The standard InChI is InChI=1S/C12H13BrN2/c1-15-11-5-2-7(13)6-9(11)8-3-4-10(14)12(8)15/h2,5-6,10H,3-4,14H2,1H3. The molecule has 0 radical (unpaired) electrons. The molecule has 2 aromatic rings. The maximum Gasteiger partial charge on any atom is 0.0484 e. The van der Waals surface area contributed by atoms with Crippen LogP contribution in [0.1, 0.15) is 23.7 Å². The molecule has 0 fully saturated rings. The summed E-state index contributed by atoms with van der Waals surface area (Å²) in [6, 6.07) is 6.66. The van der Waals surface area contributed by atoms with Crippen molar-refractivity contribution in [2.24, 2.45) is 12.8 Å². The Hall–Kier alpha value is -0.800. The van der Waals surface area contributed by atoms with Gasteiger partial charge in [0.05, 0.1) is 0 Å². The fourth-order valence-electron chi connectivity index (χ4n) is 2.68. The van der Waals surface area contributed by atoms with Crippen LogP contribution in [0.3, 0.4) is 0 Å². The van der Waals surface area contributed by atoms with Crippen molar-refractivity contribution in [1.82, 2.24) is 4.57 Å². The van der Waals surface area contributed by atoms with Crippen LogP contribution in [0.5, 0.6) is 0 Å². The Kier molecular flexibility index (Phi) is 1.94. The van der Waals surface area contributed by atoms with E-state index in [1.165, 1.54) is 22.2 Å². The van der Waals surface area contributed by atoms with E-state index in [1.807, 2.05) is 0 Å². The lowest BCUT2D eigenvalue weighted by atomic mass is 10.1. The van der Waals surface area contributed by atoms with Crippen LogP contribution in [0.2, 0.25) is 0 Å². The summed E-state index contributed by atoms with van der Waals surface area (Å²) in [5, 5.41) is 1.36. The summed E-state index contributed by atoms with van der Waals surface area (Å²) in [7, 11) is 2.11. The molecule has 0 saturated heterocycles. The van der Waals surface area contributed by atoms with Gasteiger partial charge in [-0.05, 0) is 36.6 Å². The van der Waals surface area contributed by atoms with E-state index in [2.05, 4.69) is 45.7 Å². The molecule has 2 N–H and O–H groups in total. The minimum atomic E-state index is 0.219. The predicted molar refractivity (Wildman–Crippen MR) is 65.9 cm³/mol. The van der Waals surface area contributed by atoms with Gasteiger partial charge in [0.2, 0.25) is 0 Å². The maximum atomic E-state index is 6.12. The molecule has 1 aliphatic carbocycles. The molecule has 1 aliphatic rings. The van der Waals surface area contributed by atoms with Crippen LogP contribution in [0.15, 0.2) is 22.7 Å². The number of aromatic nitrogens is 1. The van der Waals surface area contributed by atoms with Gasteiger partial charge in [-0.15, -0.1) is 0 Å². The number of halogens is 1. The summed E-state index contributed by atoms with van der Waals surface area (Å²) in [5.74, 6) is 0. The Balaban J connectivity index is 2.43. The summed E-state index contributed by atoms with van der Waals surface area (Å²) >= 11 is 3.52. The summed E-state index contributed by atoms with van der Waals surface area (Å²) in [4.78, 5) is 0. The van der Waals surface area contributed by atoms with Gasteiger partial charge in [-0.1, -0.05) is 15.9 Å². The monoisotopic (exact) mass is 264 g/mol. The lowest BCUT2D eigenvalue weighted by molar-refractivity contribution is 0.668.